The van der Waals surface area contributed by atoms with Crippen molar-refractivity contribution in [2.45, 2.75) is 18.9 Å². The predicted octanol–water partition coefficient (Wildman–Crippen LogP) is 2.35. The molecular weight excluding hydrogens is 263 g/mol. The molecule has 1 aliphatic heterocycles. The van der Waals surface area contributed by atoms with Crippen molar-refractivity contribution in [3.63, 3.8) is 0 Å². The average Bonchev–Trinajstić information content (AvgIpc) is 2.28. The Morgan fingerprint density at radius 1 is 1.61 bits per heavy atom. The lowest BCUT2D eigenvalue weighted by Gasteiger charge is -2.47. The fourth-order valence-electron chi connectivity index (χ4n) is 1.98. The molecule has 18 heavy (non-hydrogen) atoms. The summed E-state index contributed by atoms with van der Waals surface area (Å²) in [4.78, 5) is 11.9. The molecule has 0 amide bonds. The zero-order valence-corrected chi connectivity index (χ0v) is 10.4. The summed E-state index contributed by atoms with van der Waals surface area (Å²) in [5.41, 5.74) is -0.941. The number of aliphatic hydroxyl groups is 1. The van der Waals surface area contributed by atoms with Crippen LogP contribution in [0.2, 0.25) is 5.02 Å². The molecule has 1 aromatic rings. The number of rotatable bonds is 3. The Balaban J connectivity index is 2.34. The second-order valence-corrected chi connectivity index (χ2v) is 4.85. The molecule has 5 nitrogen and oxygen atoms in total. The van der Waals surface area contributed by atoms with Crippen LogP contribution in [0.15, 0.2) is 12.1 Å². The SMILES string of the molecule is CCC1(O)CN(c2cc(F)c(Cl)cc2[N+](=O)[O-])C1. The smallest absolute Gasteiger partial charge is 0.294 e. The van der Waals surface area contributed by atoms with Crippen molar-refractivity contribution in [3.8, 4) is 0 Å². The highest BCUT2D eigenvalue weighted by Crippen LogP contribution is 2.38. The van der Waals surface area contributed by atoms with Crippen molar-refractivity contribution in [3.05, 3.63) is 33.1 Å². The Morgan fingerprint density at radius 2 is 2.22 bits per heavy atom. The highest BCUT2D eigenvalue weighted by Gasteiger charge is 2.42. The van der Waals surface area contributed by atoms with E-state index in [0.29, 0.717) is 6.42 Å². The maximum atomic E-state index is 13.4. The van der Waals surface area contributed by atoms with Crippen molar-refractivity contribution >= 4 is 23.0 Å². The number of hydrogen-bond acceptors (Lipinski definition) is 4. The van der Waals surface area contributed by atoms with E-state index in [1.54, 1.807) is 4.90 Å². The van der Waals surface area contributed by atoms with Gasteiger partial charge >= 0.3 is 0 Å². The molecule has 0 bridgehead atoms. The second-order valence-electron chi connectivity index (χ2n) is 4.45. The average molecular weight is 275 g/mol. The molecule has 1 heterocycles. The van der Waals surface area contributed by atoms with Crippen LogP contribution in [-0.4, -0.2) is 28.7 Å². The number of hydrogen-bond donors (Lipinski definition) is 1. The molecular formula is C11H12ClFN2O3. The van der Waals surface area contributed by atoms with Crippen LogP contribution in [0, 0.1) is 15.9 Å². The molecule has 1 fully saturated rings. The van der Waals surface area contributed by atoms with Gasteiger partial charge in [0.1, 0.15) is 11.5 Å². The van der Waals surface area contributed by atoms with E-state index in [1.165, 1.54) is 0 Å². The molecule has 0 unspecified atom stereocenters. The molecule has 0 aromatic heterocycles. The first-order chi connectivity index (χ1) is 8.36. The van der Waals surface area contributed by atoms with Crippen LogP contribution < -0.4 is 4.90 Å². The molecule has 0 spiro atoms. The fraction of sp³-hybridized carbons (Fsp3) is 0.455. The molecule has 0 aliphatic carbocycles. The Bertz CT molecular complexity index is 503. The second kappa shape index (κ2) is 4.37. The summed E-state index contributed by atoms with van der Waals surface area (Å²) in [7, 11) is 0. The zero-order valence-electron chi connectivity index (χ0n) is 9.69. The molecule has 0 saturated carbocycles. The lowest BCUT2D eigenvalue weighted by Crippen LogP contribution is -2.61. The van der Waals surface area contributed by atoms with E-state index < -0.39 is 16.3 Å². The minimum Gasteiger partial charge on any atom is -0.386 e. The summed E-state index contributed by atoms with van der Waals surface area (Å²) in [6, 6.07) is 2.03. The maximum absolute atomic E-state index is 13.4. The molecule has 98 valence electrons. The number of halogens is 2. The number of nitro groups is 1. The van der Waals surface area contributed by atoms with E-state index in [-0.39, 0.29) is 29.5 Å². The van der Waals surface area contributed by atoms with Gasteiger partial charge in [0.25, 0.3) is 5.69 Å². The van der Waals surface area contributed by atoms with Crippen LogP contribution in [0.5, 0.6) is 0 Å². The van der Waals surface area contributed by atoms with Gasteiger partial charge < -0.3 is 10.0 Å². The molecule has 1 aromatic carbocycles. The lowest BCUT2D eigenvalue weighted by atomic mass is 9.90. The van der Waals surface area contributed by atoms with Crippen LogP contribution in [0.4, 0.5) is 15.8 Å². The molecule has 1 aliphatic rings. The van der Waals surface area contributed by atoms with Gasteiger partial charge in [0, 0.05) is 25.2 Å². The van der Waals surface area contributed by atoms with Gasteiger partial charge in [-0.05, 0) is 6.42 Å². The van der Waals surface area contributed by atoms with Crippen LogP contribution in [0.1, 0.15) is 13.3 Å². The van der Waals surface area contributed by atoms with Crippen molar-refractivity contribution in [1.29, 1.82) is 0 Å². The summed E-state index contributed by atoms with van der Waals surface area (Å²) in [5, 5.41) is 20.5. The predicted molar refractivity (Wildman–Crippen MR) is 65.5 cm³/mol. The quantitative estimate of drug-likeness (QED) is 0.679. The van der Waals surface area contributed by atoms with Gasteiger partial charge in [-0.1, -0.05) is 18.5 Å². The Hall–Kier alpha value is -1.40. The zero-order chi connectivity index (χ0) is 13.5. The van der Waals surface area contributed by atoms with Gasteiger partial charge in [0.05, 0.1) is 15.5 Å². The minimum absolute atomic E-state index is 0.153. The van der Waals surface area contributed by atoms with Crippen molar-refractivity contribution in [1.82, 2.24) is 0 Å². The first-order valence-corrected chi connectivity index (χ1v) is 5.85. The van der Waals surface area contributed by atoms with E-state index in [1.807, 2.05) is 6.92 Å². The maximum Gasteiger partial charge on any atom is 0.294 e. The van der Waals surface area contributed by atoms with Gasteiger partial charge in [0.15, 0.2) is 0 Å². The largest absolute Gasteiger partial charge is 0.386 e. The van der Waals surface area contributed by atoms with Crippen LogP contribution in [-0.2, 0) is 0 Å². The summed E-state index contributed by atoms with van der Waals surface area (Å²) < 4.78 is 13.4. The Morgan fingerprint density at radius 3 is 2.72 bits per heavy atom. The van der Waals surface area contributed by atoms with Crippen molar-refractivity contribution in [2.75, 3.05) is 18.0 Å². The summed E-state index contributed by atoms with van der Waals surface area (Å²) in [6.07, 6.45) is 0.549. The third-order valence-electron chi connectivity index (χ3n) is 3.18. The first kappa shape index (κ1) is 13.0. The third-order valence-corrected chi connectivity index (χ3v) is 3.47. The standard InChI is InChI=1S/C11H12ClFN2O3/c1-2-11(16)5-14(6-11)9-4-8(13)7(12)3-10(9)15(17)18/h3-4,16H,2,5-6H2,1H3. The normalized spacial score (nSPS) is 17.4. The third kappa shape index (κ3) is 2.13. The number of benzene rings is 1. The summed E-state index contributed by atoms with van der Waals surface area (Å²) in [6.45, 7) is 2.34. The number of β-amino-alcohol motifs (C(OH)–C–C–N with tert-alkyl or cyclic N) is 1. The molecule has 0 atom stereocenters. The molecule has 0 radical (unpaired) electrons. The van der Waals surface area contributed by atoms with E-state index in [9.17, 15) is 19.6 Å². The molecule has 1 N–H and O–H groups in total. The summed E-state index contributed by atoms with van der Waals surface area (Å²) in [5.74, 6) is -0.704. The van der Waals surface area contributed by atoms with E-state index in [2.05, 4.69) is 0 Å². The molecule has 2 rings (SSSR count). The van der Waals surface area contributed by atoms with E-state index >= 15 is 0 Å². The number of nitro benzene ring substituents is 1. The molecule has 7 heteroatoms. The first-order valence-electron chi connectivity index (χ1n) is 5.47. The van der Waals surface area contributed by atoms with Gasteiger partial charge in [-0.2, -0.15) is 0 Å². The van der Waals surface area contributed by atoms with Gasteiger partial charge in [-0.25, -0.2) is 4.39 Å². The van der Waals surface area contributed by atoms with Crippen LogP contribution in [0.25, 0.3) is 0 Å². The van der Waals surface area contributed by atoms with Crippen LogP contribution in [0.3, 0.4) is 0 Å². The van der Waals surface area contributed by atoms with Gasteiger partial charge in [-0.15, -0.1) is 0 Å². The number of nitrogens with zero attached hydrogens (tertiary/aromatic N) is 2. The minimum atomic E-state index is -0.843. The Labute approximate surface area is 108 Å². The Kier molecular flexibility index (Phi) is 3.16. The topological polar surface area (TPSA) is 66.6 Å². The van der Waals surface area contributed by atoms with Gasteiger partial charge in [-0.3, -0.25) is 10.1 Å². The lowest BCUT2D eigenvalue weighted by molar-refractivity contribution is -0.384. The van der Waals surface area contributed by atoms with E-state index in [0.717, 1.165) is 12.1 Å². The molecule has 1 saturated heterocycles. The highest BCUT2D eigenvalue weighted by molar-refractivity contribution is 6.31. The number of anilines is 1. The fourth-order valence-corrected chi connectivity index (χ4v) is 2.14. The monoisotopic (exact) mass is 274 g/mol. The van der Waals surface area contributed by atoms with Crippen molar-refractivity contribution < 1.29 is 14.4 Å². The van der Waals surface area contributed by atoms with E-state index in [4.69, 9.17) is 11.6 Å². The summed E-state index contributed by atoms with van der Waals surface area (Å²) >= 11 is 5.53. The van der Waals surface area contributed by atoms with Crippen LogP contribution >= 0.6 is 11.6 Å². The van der Waals surface area contributed by atoms with Gasteiger partial charge in [0.2, 0.25) is 0 Å². The highest BCUT2D eigenvalue weighted by atomic mass is 35.5. The van der Waals surface area contributed by atoms with Crippen molar-refractivity contribution in [2.24, 2.45) is 0 Å².